The molecule has 17 heavy (non-hydrogen) atoms. The van der Waals surface area contributed by atoms with Gasteiger partial charge in [-0.3, -0.25) is 4.68 Å². The van der Waals surface area contributed by atoms with Crippen LogP contribution in [0, 0.1) is 6.92 Å². The van der Waals surface area contributed by atoms with Gasteiger partial charge in [-0.05, 0) is 32.7 Å². The first-order valence-electron chi connectivity index (χ1n) is 6.41. The van der Waals surface area contributed by atoms with Gasteiger partial charge in [-0.25, -0.2) is 0 Å². The molecule has 0 aliphatic carbocycles. The lowest BCUT2D eigenvalue weighted by atomic mass is 10.0. The van der Waals surface area contributed by atoms with Crippen molar-refractivity contribution in [3.05, 3.63) is 17.5 Å². The van der Waals surface area contributed by atoms with Crippen molar-refractivity contribution >= 4 is 0 Å². The van der Waals surface area contributed by atoms with E-state index < -0.39 is 0 Å². The molecule has 0 spiro atoms. The molecule has 0 saturated heterocycles. The number of aromatic nitrogens is 2. The second kappa shape index (κ2) is 7.45. The van der Waals surface area contributed by atoms with E-state index in [1.54, 1.807) is 7.11 Å². The molecule has 1 heterocycles. The Hall–Kier alpha value is -0.870. The zero-order chi connectivity index (χ0) is 12.7. The number of rotatable bonds is 8. The molecule has 1 N–H and O–H groups in total. The fourth-order valence-corrected chi connectivity index (χ4v) is 1.98. The smallest absolute Gasteiger partial charge is 0.0540 e. The van der Waals surface area contributed by atoms with Gasteiger partial charge in [0.2, 0.25) is 0 Å². The standard InChI is InChI=1S/C13H25N3O/c1-5-8-14-13(7-6-9-17-4)12-10-15-16(3)11(12)2/h10,13-14H,5-9H2,1-4H3. The summed E-state index contributed by atoms with van der Waals surface area (Å²) in [5.74, 6) is 0. The van der Waals surface area contributed by atoms with Crippen molar-refractivity contribution in [3.63, 3.8) is 0 Å². The zero-order valence-electron chi connectivity index (χ0n) is 11.5. The minimum absolute atomic E-state index is 0.402. The van der Waals surface area contributed by atoms with Crippen LogP contribution >= 0.6 is 0 Å². The van der Waals surface area contributed by atoms with Crippen LogP contribution in [0.3, 0.4) is 0 Å². The number of nitrogens with zero attached hydrogens (tertiary/aromatic N) is 2. The Morgan fingerprint density at radius 3 is 2.82 bits per heavy atom. The molecule has 1 aromatic rings. The number of nitrogens with one attached hydrogen (secondary N) is 1. The van der Waals surface area contributed by atoms with Gasteiger partial charge in [0.15, 0.2) is 0 Å². The maximum Gasteiger partial charge on any atom is 0.0540 e. The maximum absolute atomic E-state index is 5.12. The third kappa shape index (κ3) is 4.13. The van der Waals surface area contributed by atoms with Gasteiger partial charge >= 0.3 is 0 Å². The van der Waals surface area contributed by atoms with Crippen LogP contribution in [0.25, 0.3) is 0 Å². The molecular weight excluding hydrogens is 214 g/mol. The van der Waals surface area contributed by atoms with Crippen LogP contribution in [0.4, 0.5) is 0 Å². The van der Waals surface area contributed by atoms with Crippen molar-refractivity contribution in [1.82, 2.24) is 15.1 Å². The summed E-state index contributed by atoms with van der Waals surface area (Å²) in [5.41, 5.74) is 2.56. The minimum Gasteiger partial charge on any atom is -0.385 e. The lowest BCUT2D eigenvalue weighted by Gasteiger charge is -2.18. The van der Waals surface area contributed by atoms with E-state index in [2.05, 4.69) is 24.3 Å². The van der Waals surface area contributed by atoms with E-state index in [9.17, 15) is 0 Å². The average molecular weight is 239 g/mol. The van der Waals surface area contributed by atoms with Gasteiger partial charge in [0.1, 0.15) is 0 Å². The normalized spacial score (nSPS) is 12.9. The second-order valence-electron chi connectivity index (χ2n) is 4.45. The summed E-state index contributed by atoms with van der Waals surface area (Å²) >= 11 is 0. The molecule has 0 radical (unpaired) electrons. The molecule has 0 amide bonds. The molecule has 1 rings (SSSR count). The zero-order valence-corrected chi connectivity index (χ0v) is 11.5. The Balaban J connectivity index is 2.64. The lowest BCUT2D eigenvalue weighted by Crippen LogP contribution is -2.23. The summed E-state index contributed by atoms with van der Waals surface area (Å²) in [5, 5.41) is 7.91. The number of hydrogen-bond donors (Lipinski definition) is 1. The number of hydrogen-bond acceptors (Lipinski definition) is 3. The van der Waals surface area contributed by atoms with E-state index in [0.717, 1.165) is 32.4 Å². The van der Waals surface area contributed by atoms with Gasteiger partial charge in [0.25, 0.3) is 0 Å². The Labute approximate surface area is 104 Å². The van der Waals surface area contributed by atoms with Crippen molar-refractivity contribution in [2.45, 2.75) is 39.2 Å². The average Bonchev–Trinajstić information content (AvgIpc) is 2.65. The molecule has 0 saturated carbocycles. The van der Waals surface area contributed by atoms with E-state index in [1.165, 1.54) is 11.3 Å². The van der Waals surface area contributed by atoms with Gasteiger partial charge in [-0.15, -0.1) is 0 Å². The molecule has 0 bridgehead atoms. The van der Waals surface area contributed by atoms with Crippen LogP contribution < -0.4 is 5.32 Å². The number of methoxy groups -OCH3 is 1. The third-order valence-electron chi connectivity index (χ3n) is 3.13. The molecule has 1 unspecified atom stereocenters. The Morgan fingerprint density at radius 2 is 2.29 bits per heavy atom. The van der Waals surface area contributed by atoms with Crippen molar-refractivity contribution in [2.75, 3.05) is 20.3 Å². The maximum atomic E-state index is 5.12. The number of aryl methyl sites for hydroxylation is 1. The Bertz CT molecular complexity index is 322. The van der Waals surface area contributed by atoms with Crippen LogP contribution in [0.5, 0.6) is 0 Å². The van der Waals surface area contributed by atoms with Crippen LogP contribution in [0.15, 0.2) is 6.20 Å². The summed E-state index contributed by atoms with van der Waals surface area (Å²) in [7, 11) is 3.74. The highest BCUT2D eigenvalue weighted by Crippen LogP contribution is 2.21. The first kappa shape index (κ1) is 14.2. The molecule has 1 aromatic heterocycles. The summed E-state index contributed by atoms with van der Waals surface area (Å²) in [4.78, 5) is 0. The van der Waals surface area contributed by atoms with Crippen molar-refractivity contribution in [3.8, 4) is 0 Å². The summed E-state index contributed by atoms with van der Waals surface area (Å²) in [6, 6.07) is 0.402. The summed E-state index contributed by atoms with van der Waals surface area (Å²) in [6.45, 7) is 6.18. The van der Waals surface area contributed by atoms with Gasteiger partial charge in [0, 0.05) is 38.1 Å². The summed E-state index contributed by atoms with van der Waals surface area (Å²) < 4.78 is 7.06. The predicted octanol–water partition coefficient (Wildman–Crippen LogP) is 2.20. The molecule has 4 heteroatoms. The molecule has 1 atom stereocenters. The summed E-state index contributed by atoms with van der Waals surface area (Å²) in [6.07, 6.45) is 5.31. The molecular formula is C13H25N3O. The lowest BCUT2D eigenvalue weighted by molar-refractivity contribution is 0.188. The monoisotopic (exact) mass is 239 g/mol. The van der Waals surface area contributed by atoms with Gasteiger partial charge in [0.05, 0.1) is 6.20 Å². The molecule has 4 nitrogen and oxygen atoms in total. The fraction of sp³-hybridized carbons (Fsp3) is 0.769. The largest absolute Gasteiger partial charge is 0.385 e. The van der Waals surface area contributed by atoms with E-state index in [0.29, 0.717) is 6.04 Å². The van der Waals surface area contributed by atoms with Crippen molar-refractivity contribution < 1.29 is 4.74 Å². The van der Waals surface area contributed by atoms with Crippen LogP contribution in [-0.2, 0) is 11.8 Å². The van der Waals surface area contributed by atoms with E-state index in [1.807, 2.05) is 17.9 Å². The first-order valence-corrected chi connectivity index (χ1v) is 6.41. The van der Waals surface area contributed by atoms with E-state index >= 15 is 0 Å². The van der Waals surface area contributed by atoms with Crippen LogP contribution in [0.1, 0.15) is 43.5 Å². The topological polar surface area (TPSA) is 39.1 Å². The van der Waals surface area contributed by atoms with Gasteiger partial charge in [-0.2, -0.15) is 5.10 Å². The van der Waals surface area contributed by atoms with Gasteiger partial charge < -0.3 is 10.1 Å². The first-order chi connectivity index (χ1) is 8.20. The second-order valence-corrected chi connectivity index (χ2v) is 4.45. The SMILES string of the molecule is CCCNC(CCCOC)c1cnn(C)c1C. The van der Waals surface area contributed by atoms with E-state index in [-0.39, 0.29) is 0 Å². The fourth-order valence-electron chi connectivity index (χ4n) is 1.98. The predicted molar refractivity (Wildman–Crippen MR) is 70.1 cm³/mol. The Kier molecular flexibility index (Phi) is 6.22. The Morgan fingerprint density at radius 1 is 1.53 bits per heavy atom. The van der Waals surface area contributed by atoms with Crippen LogP contribution in [0.2, 0.25) is 0 Å². The minimum atomic E-state index is 0.402. The number of ether oxygens (including phenoxy) is 1. The van der Waals surface area contributed by atoms with E-state index in [4.69, 9.17) is 4.74 Å². The molecule has 98 valence electrons. The highest BCUT2D eigenvalue weighted by Gasteiger charge is 2.15. The highest BCUT2D eigenvalue weighted by molar-refractivity contribution is 5.20. The molecule has 0 fully saturated rings. The third-order valence-corrected chi connectivity index (χ3v) is 3.13. The van der Waals surface area contributed by atoms with Crippen molar-refractivity contribution in [1.29, 1.82) is 0 Å². The van der Waals surface area contributed by atoms with Gasteiger partial charge in [-0.1, -0.05) is 6.92 Å². The van der Waals surface area contributed by atoms with Crippen LogP contribution in [-0.4, -0.2) is 30.0 Å². The quantitative estimate of drug-likeness (QED) is 0.707. The molecule has 0 aromatic carbocycles. The molecule has 0 aliphatic rings. The molecule has 0 aliphatic heterocycles. The van der Waals surface area contributed by atoms with Crippen molar-refractivity contribution in [2.24, 2.45) is 7.05 Å². The highest BCUT2D eigenvalue weighted by atomic mass is 16.5.